The van der Waals surface area contributed by atoms with Crippen molar-refractivity contribution in [1.82, 2.24) is 15.1 Å². The Labute approximate surface area is 171 Å². The summed E-state index contributed by atoms with van der Waals surface area (Å²) < 4.78 is 15.2. The number of rotatable bonds is 6. The van der Waals surface area contributed by atoms with Crippen molar-refractivity contribution < 1.29 is 9.18 Å². The van der Waals surface area contributed by atoms with Gasteiger partial charge in [0.1, 0.15) is 5.82 Å². The van der Waals surface area contributed by atoms with Crippen molar-refractivity contribution in [2.24, 2.45) is 11.3 Å². The molecule has 2 aromatic rings. The number of nitrogens with one attached hydrogen (secondary N) is 1. The van der Waals surface area contributed by atoms with Crippen LogP contribution in [0.15, 0.2) is 48.7 Å². The fourth-order valence-corrected chi connectivity index (χ4v) is 4.82. The molecule has 1 heterocycles. The van der Waals surface area contributed by atoms with Gasteiger partial charge in [0.05, 0.1) is 17.6 Å². The van der Waals surface area contributed by atoms with Crippen LogP contribution in [-0.4, -0.2) is 22.2 Å². The summed E-state index contributed by atoms with van der Waals surface area (Å²) in [5.74, 6) is 0.272. The minimum Gasteiger partial charge on any atom is -0.356 e. The number of carbonyl (C=O) groups excluding carboxylic acids is 1. The molecule has 4 rings (SSSR count). The van der Waals surface area contributed by atoms with E-state index in [4.69, 9.17) is 0 Å². The Bertz CT molecular complexity index is 944. The molecule has 1 aromatic carbocycles. The number of benzene rings is 1. The number of hydrogen-bond acceptors (Lipinski definition) is 2. The van der Waals surface area contributed by atoms with Crippen LogP contribution in [0.25, 0.3) is 11.8 Å². The Hall–Kier alpha value is -2.69. The lowest BCUT2D eigenvalue weighted by Crippen LogP contribution is -2.43. The van der Waals surface area contributed by atoms with Gasteiger partial charge in [-0.25, -0.2) is 9.07 Å². The second-order valence-corrected chi connectivity index (χ2v) is 8.43. The average Bonchev–Trinajstić information content (AvgIpc) is 3.11. The molecule has 2 aliphatic carbocycles. The predicted octanol–water partition coefficient (Wildman–Crippen LogP) is 4.84. The number of hydrogen-bond donors (Lipinski definition) is 1. The summed E-state index contributed by atoms with van der Waals surface area (Å²) in [7, 11) is 0. The summed E-state index contributed by atoms with van der Waals surface area (Å²) in [5, 5.41) is 7.73. The lowest BCUT2D eigenvalue weighted by atomic mass is 9.60. The molecular formula is C24H28FN3O. The fraction of sp³-hybridized carbons (Fsp3) is 0.417. The molecule has 1 aromatic heterocycles. The number of nitrogens with zero attached hydrogens (tertiary/aromatic N) is 2. The maximum Gasteiger partial charge on any atom is 0.220 e. The highest BCUT2D eigenvalue weighted by atomic mass is 19.1. The van der Waals surface area contributed by atoms with E-state index in [0.29, 0.717) is 25.3 Å². The molecule has 152 valence electrons. The maximum atomic E-state index is 13.3. The number of carbonyl (C=O) groups is 1. The third-order valence-corrected chi connectivity index (χ3v) is 6.58. The molecule has 1 fully saturated rings. The molecule has 5 heteroatoms. The van der Waals surface area contributed by atoms with Gasteiger partial charge in [0.25, 0.3) is 0 Å². The van der Waals surface area contributed by atoms with E-state index in [-0.39, 0.29) is 17.1 Å². The molecule has 2 atom stereocenters. The second-order valence-electron chi connectivity index (χ2n) is 8.43. The van der Waals surface area contributed by atoms with Crippen molar-refractivity contribution >= 4 is 12.0 Å². The van der Waals surface area contributed by atoms with Gasteiger partial charge in [0, 0.05) is 13.0 Å². The first-order valence-corrected chi connectivity index (χ1v) is 10.4. The number of amides is 1. The molecule has 0 bridgehead atoms. The highest BCUT2D eigenvalue weighted by Gasteiger charge is 2.43. The zero-order valence-electron chi connectivity index (χ0n) is 17.0. The standard InChI is InChI=1S/C24H28FN3O/c1-3-4-8-23(29)26-16-19-7-5-6-18-13-22-17(14-24(18,19)2)15-27-28(22)21-11-9-20(25)10-12-21/h3,9-13,15,19H,1,4-8,14,16H2,2H3,(H,26,29)/t19-,24+/m1/s1. The number of fused-ring (bicyclic) bond motifs is 2. The van der Waals surface area contributed by atoms with E-state index >= 15 is 0 Å². The van der Waals surface area contributed by atoms with E-state index in [0.717, 1.165) is 37.1 Å². The van der Waals surface area contributed by atoms with E-state index in [9.17, 15) is 9.18 Å². The summed E-state index contributed by atoms with van der Waals surface area (Å²) in [4.78, 5) is 12.1. The van der Waals surface area contributed by atoms with Crippen LogP contribution in [-0.2, 0) is 11.2 Å². The number of allylic oxidation sites excluding steroid dienone is 2. The normalized spacial score (nSPS) is 23.0. The van der Waals surface area contributed by atoms with E-state index in [1.807, 2.05) is 10.9 Å². The van der Waals surface area contributed by atoms with Crippen molar-refractivity contribution in [3.05, 3.63) is 65.8 Å². The topological polar surface area (TPSA) is 46.9 Å². The summed E-state index contributed by atoms with van der Waals surface area (Å²) >= 11 is 0. The van der Waals surface area contributed by atoms with Crippen LogP contribution in [0.2, 0.25) is 0 Å². The first-order valence-electron chi connectivity index (χ1n) is 10.4. The van der Waals surface area contributed by atoms with Crippen molar-refractivity contribution in [2.75, 3.05) is 6.54 Å². The van der Waals surface area contributed by atoms with Crippen LogP contribution in [0.4, 0.5) is 4.39 Å². The van der Waals surface area contributed by atoms with Gasteiger partial charge >= 0.3 is 0 Å². The van der Waals surface area contributed by atoms with E-state index in [2.05, 4.69) is 30.0 Å². The van der Waals surface area contributed by atoms with Crippen molar-refractivity contribution in [3.8, 4) is 5.69 Å². The van der Waals surface area contributed by atoms with Crippen LogP contribution in [0.5, 0.6) is 0 Å². The third kappa shape index (κ3) is 3.78. The fourth-order valence-electron chi connectivity index (χ4n) is 4.82. The minimum atomic E-state index is -0.244. The van der Waals surface area contributed by atoms with Gasteiger partial charge in [0.2, 0.25) is 5.91 Å². The Morgan fingerprint density at radius 3 is 2.97 bits per heavy atom. The average molecular weight is 394 g/mol. The van der Waals surface area contributed by atoms with Crippen LogP contribution in [0.1, 0.15) is 50.3 Å². The molecule has 1 N–H and O–H groups in total. The zero-order valence-corrected chi connectivity index (χ0v) is 17.0. The summed E-state index contributed by atoms with van der Waals surface area (Å²) in [6, 6.07) is 6.46. The lowest BCUT2D eigenvalue weighted by molar-refractivity contribution is -0.121. The second kappa shape index (κ2) is 7.97. The molecule has 1 saturated carbocycles. The van der Waals surface area contributed by atoms with Crippen LogP contribution >= 0.6 is 0 Å². The highest BCUT2D eigenvalue weighted by Crippen LogP contribution is 2.50. The first kappa shape index (κ1) is 19.6. The largest absolute Gasteiger partial charge is 0.356 e. The quantitative estimate of drug-likeness (QED) is 0.714. The Morgan fingerprint density at radius 1 is 1.41 bits per heavy atom. The van der Waals surface area contributed by atoms with E-state index in [1.165, 1.54) is 23.3 Å². The van der Waals surface area contributed by atoms with E-state index in [1.54, 1.807) is 18.2 Å². The Kier molecular flexibility index (Phi) is 5.39. The molecule has 2 aliphatic rings. The highest BCUT2D eigenvalue weighted by molar-refractivity contribution is 5.76. The van der Waals surface area contributed by atoms with Gasteiger partial charge < -0.3 is 5.32 Å². The predicted molar refractivity (Wildman–Crippen MR) is 113 cm³/mol. The van der Waals surface area contributed by atoms with Gasteiger partial charge in [0.15, 0.2) is 0 Å². The van der Waals surface area contributed by atoms with Crippen LogP contribution in [0.3, 0.4) is 0 Å². The van der Waals surface area contributed by atoms with Crippen molar-refractivity contribution in [3.63, 3.8) is 0 Å². The monoisotopic (exact) mass is 393 g/mol. The zero-order chi connectivity index (χ0) is 20.4. The SMILES string of the molecule is C=CCCC(=O)NC[C@H]1CCCC2=Cc3c(cnn3-c3ccc(F)cc3)C[C@@]21C. The molecule has 0 aliphatic heterocycles. The Balaban J connectivity index is 1.57. The number of halogens is 1. The van der Waals surface area contributed by atoms with E-state index < -0.39 is 0 Å². The Morgan fingerprint density at radius 2 is 2.21 bits per heavy atom. The molecular weight excluding hydrogens is 365 g/mol. The summed E-state index contributed by atoms with van der Waals surface area (Å²) in [6.07, 6.45) is 11.5. The molecule has 0 saturated heterocycles. The van der Waals surface area contributed by atoms with Crippen molar-refractivity contribution in [2.45, 2.75) is 45.4 Å². The number of aromatic nitrogens is 2. The molecule has 29 heavy (non-hydrogen) atoms. The first-order chi connectivity index (χ1) is 14.0. The molecule has 0 unspecified atom stereocenters. The van der Waals surface area contributed by atoms with Crippen LogP contribution in [0, 0.1) is 17.2 Å². The van der Waals surface area contributed by atoms with Gasteiger partial charge in [-0.2, -0.15) is 5.10 Å². The maximum absolute atomic E-state index is 13.3. The van der Waals surface area contributed by atoms with Crippen LogP contribution < -0.4 is 5.32 Å². The van der Waals surface area contributed by atoms with Gasteiger partial charge in [-0.3, -0.25) is 4.79 Å². The summed E-state index contributed by atoms with van der Waals surface area (Å²) in [6.45, 7) is 6.73. The van der Waals surface area contributed by atoms with Gasteiger partial charge in [-0.15, -0.1) is 6.58 Å². The van der Waals surface area contributed by atoms with Gasteiger partial charge in [-0.05, 0) is 79.3 Å². The minimum absolute atomic E-state index is 0.0353. The lowest BCUT2D eigenvalue weighted by Gasteiger charge is -2.46. The molecule has 0 spiro atoms. The molecule has 1 amide bonds. The molecule has 0 radical (unpaired) electrons. The smallest absolute Gasteiger partial charge is 0.220 e. The third-order valence-electron chi connectivity index (χ3n) is 6.58. The summed E-state index contributed by atoms with van der Waals surface area (Å²) in [5.41, 5.74) is 4.65. The molecule has 4 nitrogen and oxygen atoms in total. The van der Waals surface area contributed by atoms with Crippen molar-refractivity contribution in [1.29, 1.82) is 0 Å². The van der Waals surface area contributed by atoms with Gasteiger partial charge in [-0.1, -0.05) is 18.6 Å².